The van der Waals surface area contributed by atoms with Gasteiger partial charge >= 0.3 is 0 Å². The van der Waals surface area contributed by atoms with Crippen LogP contribution >= 0.6 is 0 Å². The number of rotatable bonds is 6. The molecule has 5 nitrogen and oxygen atoms in total. The van der Waals surface area contributed by atoms with E-state index in [4.69, 9.17) is 4.74 Å². The molecule has 2 amide bonds. The van der Waals surface area contributed by atoms with Crippen molar-refractivity contribution in [2.45, 2.75) is 62.8 Å². The van der Waals surface area contributed by atoms with Gasteiger partial charge in [0.25, 0.3) is 0 Å². The lowest BCUT2D eigenvalue weighted by Gasteiger charge is -2.39. The average Bonchev–Trinajstić information content (AvgIpc) is 2.85. The summed E-state index contributed by atoms with van der Waals surface area (Å²) in [4.78, 5) is 28.2. The fraction of sp³-hybridized carbons (Fsp3) is 0.481. The third-order valence-corrected chi connectivity index (χ3v) is 7.24. The Morgan fingerprint density at radius 1 is 1.06 bits per heavy atom. The highest BCUT2D eigenvalue weighted by Gasteiger charge is 2.42. The van der Waals surface area contributed by atoms with E-state index in [0.29, 0.717) is 19.5 Å². The molecule has 1 aliphatic heterocycles. The SMILES string of the molecule is COc1ccccc1CC(=O)N1CCC(NC(=O)C2(c3cccc(F)c3)CCCCC2)CC1. The first-order valence-electron chi connectivity index (χ1n) is 12.0. The van der Waals surface area contributed by atoms with Crippen LogP contribution in [0.4, 0.5) is 4.39 Å². The largest absolute Gasteiger partial charge is 0.496 e. The molecule has 1 saturated heterocycles. The molecule has 0 radical (unpaired) electrons. The molecule has 0 atom stereocenters. The van der Waals surface area contributed by atoms with E-state index in [1.54, 1.807) is 13.2 Å². The molecular formula is C27H33FN2O3. The summed E-state index contributed by atoms with van der Waals surface area (Å²) < 4.78 is 19.3. The second-order valence-corrected chi connectivity index (χ2v) is 9.27. The summed E-state index contributed by atoms with van der Waals surface area (Å²) in [6.07, 6.45) is 6.31. The van der Waals surface area contributed by atoms with Crippen LogP contribution in [0.2, 0.25) is 0 Å². The molecule has 4 rings (SSSR count). The third-order valence-electron chi connectivity index (χ3n) is 7.24. The Labute approximate surface area is 195 Å². The molecular weight excluding hydrogens is 419 g/mol. The summed E-state index contributed by atoms with van der Waals surface area (Å²) in [6, 6.07) is 14.1. The Kier molecular flexibility index (Phi) is 7.31. The van der Waals surface area contributed by atoms with Gasteiger partial charge in [-0.2, -0.15) is 0 Å². The number of methoxy groups -OCH3 is 1. The quantitative estimate of drug-likeness (QED) is 0.707. The van der Waals surface area contributed by atoms with Gasteiger partial charge in [0.15, 0.2) is 0 Å². The van der Waals surface area contributed by atoms with Crippen LogP contribution in [0.5, 0.6) is 5.75 Å². The van der Waals surface area contributed by atoms with Crippen molar-refractivity contribution in [3.63, 3.8) is 0 Å². The standard InChI is InChI=1S/C27H33FN2O3/c1-33-24-11-4-3-8-20(24)18-25(31)30-16-12-23(13-17-30)29-26(32)27(14-5-2-6-15-27)21-9-7-10-22(28)19-21/h3-4,7-11,19,23H,2,5-6,12-18H2,1H3,(H,29,32). The fourth-order valence-corrected chi connectivity index (χ4v) is 5.31. The molecule has 0 unspecified atom stereocenters. The number of benzene rings is 2. The minimum atomic E-state index is -0.656. The van der Waals surface area contributed by atoms with E-state index in [2.05, 4.69) is 5.32 Å². The molecule has 0 spiro atoms. The van der Waals surface area contributed by atoms with E-state index in [1.165, 1.54) is 12.1 Å². The molecule has 0 aromatic heterocycles. The summed E-state index contributed by atoms with van der Waals surface area (Å²) in [5.41, 5.74) is 1.01. The van der Waals surface area contributed by atoms with E-state index in [0.717, 1.165) is 61.8 Å². The normalized spacial score (nSPS) is 18.5. The van der Waals surface area contributed by atoms with Gasteiger partial charge in [-0.05, 0) is 49.4 Å². The van der Waals surface area contributed by atoms with Crippen molar-refractivity contribution in [1.82, 2.24) is 10.2 Å². The van der Waals surface area contributed by atoms with Crippen molar-refractivity contribution in [3.8, 4) is 5.75 Å². The van der Waals surface area contributed by atoms with E-state index in [1.807, 2.05) is 35.2 Å². The Morgan fingerprint density at radius 2 is 1.79 bits per heavy atom. The molecule has 0 bridgehead atoms. The van der Waals surface area contributed by atoms with Gasteiger partial charge < -0.3 is 15.0 Å². The monoisotopic (exact) mass is 452 g/mol. The first-order chi connectivity index (χ1) is 16.0. The van der Waals surface area contributed by atoms with Gasteiger partial charge in [-0.3, -0.25) is 9.59 Å². The van der Waals surface area contributed by atoms with E-state index >= 15 is 0 Å². The van der Waals surface area contributed by atoms with Crippen molar-refractivity contribution < 1.29 is 18.7 Å². The number of amides is 2. The zero-order valence-electron chi connectivity index (χ0n) is 19.3. The smallest absolute Gasteiger partial charge is 0.230 e. The number of para-hydroxylation sites is 1. The lowest BCUT2D eigenvalue weighted by molar-refractivity contribution is -0.132. The Balaban J connectivity index is 1.36. The van der Waals surface area contributed by atoms with Crippen LogP contribution in [-0.2, 0) is 21.4 Å². The van der Waals surface area contributed by atoms with Crippen molar-refractivity contribution in [2.75, 3.05) is 20.2 Å². The zero-order chi connectivity index (χ0) is 23.3. The van der Waals surface area contributed by atoms with Crippen molar-refractivity contribution in [1.29, 1.82) is 0 Å². The molecule has 1 heterocycles. The molecule has 2 aromatic rings. The molecule has 33 heavy (non-hydrogen) atoms. The Hall–Kier alpha value is -2.89. The molecule has 1 saturated carbocycles. The van der Waals surface area contributed by atoms with Crippen LogP contribution in [0.1, 0.15) is 56.1 Å². The average molecular weight is 453 g/mol. The number of carbonyl (C=O) groups is 2. The molecule has 1 aliphatic carbocycles. The number of piperidine rings is 1. The van der Waals surface area contributed by atoms with Crippen LogP contribution in [0.3, 0.4) is 0 Å². The molecule has 2 aromatic carbocycles. The summed E-state index contributed by atoms with van der Waals surface area (Å²) in [5.74, 6) is 0.509. The molecule has 1 N–H and O–H groups in total. The molecule has 6 heteroatoms. The number of ether oxygens (including phenoxy) is 1. The van der Waals surface area contributed by atoms with Crippen LogP contribution in [0, 0.1) is 5.82 Å². The number of nitrogens with zero attached hydrogens (tertiary/aromatic N) is 1. The van der Waals surface area contributed by atoms with Gasteiger partial charge in [-0.15, -0.1) is 0 Å². The topological polar surface area (TPSA) is 58.6 Å². The fourth-order valence-electron chi connectivity index (χ4n) is 5.31. The van der Waals surface area contributed by atoms with E-state index in [-0.39, 0.29) is 23.7 Å². The van der Waals surface area contributed by atoms with Gasteiger partial charge in [0.1, 0.15) is 11.6 Å². The predicted octanol–water partition coefficient (Wildman–Crippen LogP) is 4.39. The first-order valence-corrected chi connectivity index (χ1v) is 12.0. The number of nitrogens with one attached hydrogen (secondary N) is 1. The molecule has 2 aliphatic rings. The minimum absolute atomic E-state index is 0.00611. The van der Waals surface area contributed by atoms with Gasteiger partial charge in [0.2, 0.25) is 11.8 Å². The summed E-state index contributed by atoms with van der Waals surface area (Å²) in [5, 5.41) is 3.26. The van der Waals surface area contributed by atoms with Crippen LogP contribution in [-0.4, -0.2) is 43.0 Å². The summed E-state index contributed by atoms with van der Waals surface area (Å²) >= 11 is 0. The zero-order valence-corrected chi connectivity index (χ0v) is 19.3. The van der Waals surface area contributed by atoms with Crippen LogP contribution in [0.15, 0.2) is 48.5 Å². The number of hydrogen-bond acceptors (Lipinski definition) is 3. The maximum Gasteiger partial charge on any atom is 0.230 e. The number of likely N-dealkylation sites (tertiary alicyclic amines) is 1. The highest BCUT2D eigenvalue weighted by atomic mass is 19.1. The van der Waals surface area contributed by atoms with E-state index in [9.17, 15) is 14.0 Å². The second kappa shape index (κ2) is 10.4. The van der Waals surface area contributed by atoms with Crippen LogP contribution < -0.4 is 10.1 Å². The second-order valence-electron chi connectivity index (χ2n) is 9.27. The predicted molar refractivity (Wildman–Crippen MR) is 126 cm³/mol. The van der Waals surface area contributed by atoms with Crippen molar-refractivity contribution >= 4 is 11.8 Å². The van der Waals surface area contributed by atoms with E-state index < -0.39 is 5.41 Å². The van der Waals surface area contributed by atoms with Gasteiger partial charge in [0, 0.05) is 24.7 Å². The third kappa shape index (κ3) is 5.21. The Morgan fingerprint density at radius 3 is 2.48 bits per heavy atom. The maximum atomic E-state index is 14.0. The maximum absolute atomic E-state index is 14.0. The number of hydrogen-bond donors (Lipinski definition) is 1. The lowest BCUT2D eigenvalue weighted by atomic mass is 9.68. The summed E-state index contributed by atoms with van der Waals surface area (Å²) in [7, 11) is 1.61. The number of carbonyl (C=O) groups excluding carboxylic acids is 2. The highest BCUT2D eigenvalue weighted by molar-refractivity contribution is 5.88. The number of halogens is 1. The minimum Gasteiger partial charge on any atom is -0.496 e. The van der Waals surface area contributed by atoms with Gasteiger partial charge in [0.05, 0.1) is 18.9 Å². The lowest BCUT2D eigenvalue weighted by Crippen LogP contribution is -2.52. The van der Waals surface area contributed by atoms with Crippen molar-refractivity contribution in [3.05, 3.63) is 65.5 Å². The molecule has 2 fully saturated rings. The van der Waals surface area contributed by atoms with Gasteiger partial charge in [-0.25, -0.2) is 4.39 Å². The van der Waals surface area contributed by atoms with Crippen molar-refractivity contribution in [2.24, 2.45) is 0 Å². The first kappa shape index (κ1) is 23.3. The van der Waals surface area contributed by atoms with Crippen LogP contribution in [0.25, 0.3) is 0 Å². The highest BCUT2D eigenvalue weighted by Crippen LogP contribution is 2.40. The Bertz CT molecular complexity index is 979. The molecule has 176 valence electrons. The summed E-state index contributed by atoms with van der Waals surface area (Å²) in [6.45, 7) is 1.23. The van der Waals surface area contributed by atoms with Gasteiger partial charge in [-0.1, -0.05) is 49.6 Å².